The molecular formula is C40H48ClN5O7. The highest BCUT2D eigenvalue weighted by molar-refractivity contribution is 6.29. The lowest BCUT2D eigenvalue weighted by atomic mass is 9.84. The number of anilines is 1. The summed E-state index contributed by atoms with van der Waals surface area (Å²) in [4.78, 5) is 74.4. The topological polar surface area (TPSA) is 140 Å². The number of fused-ring (bicyclic) bond motifs is 1. The van der Waals surface area contributed by atoms with Gasteiger partial charge >= 0.3 is 12.1 Å². The minimum Gasteiger partial charge on any atom is -0.480 e. The Kier molecular flexibility index (Phi) is 10.9. The maximum absolute atomic E-state index is 14.6. The number of carboxylic acids is 1. The zero-order valence-corrected chi connectivity index (χ0v) is 31.5. The molecule has 3 aliphatic heterocycles. The number of rotatable bonds is 8. The first-order chi connectivity index (χ1) is 25.1. The van der Waals surface area contributed by atoms with E-state index in [0.717, 1.165) is 22.4 Å². The van der Waals surface area contributed by atoms with E-state index >= 15 is 0 Å². The van der Waals surface area contributed by atoms with Crippen LogP contribution < -0.4 is 10.2 Å². The Morgan fingerprint density at radius 1 is 0.981 bits per heavy atom. The molecule has 12 nitrogen and oxygen atoms in total. The number of halogens is 1. The Morgan fingerprint density at radius 2 is 1.64 bits per heavy atom. The van der Waals surface area contributed by atoms with Gasteiger partial charge in [0.15, 0.2) is 0 Å². The number of hydrogen-bond donors (Lipinski definition) is 2. The number of carboxylic acid groups (broad SMARTS) is 1. The molecule has 3 atom stereocenters. The summed E-state index contributed by atoms with van der Waals surface area (Å²) in [5.74, 6) is -2.07. The normalized spacial score (nSPS) is 21.8. The third kappa shape index (κ3) is 8.22. The van der Waals surface area contributed by atoms with Gasteiger partial charge < -0.3 is 29.9 Å². The summed E-state index contributed by atoms with van der Waals surface area (Å²) in [7, 11) is 0. The number of para-hydroxylation sites is 1. The van der Waals surface area contributed by atoms with Crippen LogP contribution in [0.15, 0.2) is 77.4 Å². The molecule has 53 heavy (non-hydrogen) atoms. The van der Waals surface area contributed by atoms with E-state index in [-0.39, 0.29) is 69.7 Å². The molecule has 4 aliphatic rings. The fraction of sp³-hybridized carbons (Fsp3) is 0.475. The fourth-order valence-electron chi connectivity index (χ4n) is 7.90. The largest absolute Gasteiger partial charge is 0.480 e. The van der Waals surface area contributed by atoms with Gasteiger partial charge in [0.25, 0.3) is 5.91 Å². The van der Waals surface area contributed by atoms with Crippen molar-refractivity contribution < 1.29 is 33.8 Å². The number of allylic oxidation sites excluding steroid dienone is 3. The van der Waals surface area contributed by atoms with Crippen molar-refractivity contribution in [3.63, 3.8) is 0 Å². The van der Waals surface area contributed by atoms with Crippen molar-refractivity contribution in [3.05, 3.63) is 88.5 Å². The van der Waals surface area contributed by atoms with Crippen LogP contribution in [0.5, 0.6) is 0 Å². The molecule has 0 aromatic heterocycles. The quantitative estimate of drug-likeness (QED) is 0.382. The number of piperidine rings is 1. The first-order valence-electron chi connectivity index (χ1n) is 18.2. The molecule has 1 spiro atoms. The summed E-state index contributed by atoms with van der Waals surface area (Å²) in [6.07, 6.45) is 4.80. The van der Waals surface area contributed by atoms with Crippen molar-refractivity contribution in [2.75, 3.05) is 31.2 Å². The maximum Gasteiger partial charge on any atom is 0.411 e. The molecule has 1 unspecified atom stereocenters. The van der Waals surface area contributed by atoms with Gasteiger partial charge in [-0.1, -0.05) is 72.6 Å². The van der Waals surface area contributed by atoms with Gasteiger partial charge in [-0.3, -0.25) is 24.1 Å². The second-order valence-corrected chi connectivity index (χ2v) is 16.0. The van der Waals surface area contributed by atoms with Crippen LogP contribution in [0.1, 0.15) is 64.5 Å². The van der Waals surface area contributed by atoms with Crippen molar-refractivity contribution >= 4 is 47.1 Å². The van der Waals surface area contributed by atoms with E-state index in [1.807, 2.05) is 78.6 Å². The van der Waals surface area contributed by atoms with E-state index in [4.69, 9.17) is 16.3 Å². The van der Waals surface area contributed by atoms with Gasteiger partial charge in [0.1, 0.15) is 29.8 Å². The number of aliphatic carboxylic acids is 1. The van der Waals surface area contributed by atoms with Crippen molar-refractivity contribution in [1.82, 2.24) is 20.0 Å². The molecule has 2 saturated heterocycles. The third-order valence-corrected chi connectivity index (χ3v) is 10.9. The second-order valence-electron chi connectivity index (χ2n) is 15.5. The molecule has 3 heterocycles. The van der Waals surface area contributed by atoms with Crippen LogP contribution in [0.25, 0.3) is 0 Å². The van der Waals surface area contributed by atoms with E-state index in [9.17, 15) is 29.1 Å². The highest BCUT2D eigenvalue weighted by atomic mass is 35.5. The average molecular weight is 746 g/mol. The summed E-state index contributed by atoms with van der Waals surface area (Å²) < 4.78 is 5.73. The predicted octanol–water partition coefficient (Wildman–Crippen LogP) is 5.06. The first-order valence-corrected chi connectivity index (χ1v) is 18.6. The van der Waals surface area contributed by atoms with Crippen molar-refractivity contribution in [1.29, 1.82) is 0 Å². The Labute approximate surface area is 315 Å². The van der Waals surface area contributed by atoms with Crippen LogP contribution in [0, 0.1) is 5.92 Å². The van der Waals surface area contributed by atoms with E-state index in [1.165, 1.54) is 9.80 Å². The first kappa shape index (κ1) is 37.9. The van der Waals surface area contributed by atoms with Gasteiger partial charge in [-0.15, -0.1) is 0 Å². The average Bonchev–Trinajstić information content (AvgIpc) is 3.37. The lowest BCUT2D eigenvalue weighted by molar-refractivity contribution is -0.145. The SMILES string of the molecule is CC1CC(Cl)=CC=C1C[C@@H](NC(=O)[C@H]1Cc2ccccc2CN1C(=O)OC(C)(C)C)C(=O)N1CCC2(CC1)C(=O)N(CC(=O)O)CN2c1ccccc1. The van der Waals surface area contributed by atoms with Gasteiger partial charge in [-0.25, -0.2) is 4.79 Å². The molecular weight excluding hydrogens is 698 g/mol. The molecule has 0 radical (unpaired) electrons. The van der Waals surface area contributed by atoms with E-state index in [1.54, 1.807) is 25.7 Å². The standard InChI is InChI=1S/C40H48ClN5O7/c1-26-20-30(41)15-14-27(26)21-32(42-35(49)33-22-28-10-8-9-11-29(28)23-45(33)38(52)53-39(2,3)4)36(50)43-18-16-40(17-19-43)37(51)44(24-34(47)48)25-46(40)31-12-6-5-7-13-31/h5-15,26,32-33H,16-25H2,1-4H3,(H,42,49)(H,47,48)/t26?,32-,33-/m1/s1. The summed E-state index contributed by atoms with van der Waals surface area (Å²) in [5, 5.41) is 13.3. The number of carbonyl (C=O) groups excluding carboxylic acids is 4. The Balaban J connectivity index is 1.25. The number of ether oxygens (including phenoxy) is 1. The number of benzene rings is 2. The maximum atomic E-state index is 14.6. The lowest BCUT2D eigenvalue weighted by Crippen LogP contribution is -2.61. The lowest BCUT2D eigenvalue weighted by Gasteiger charge is -2.44. The van der Waals surface area contributed by atoms with E-state index in [2.05, 4.69) is 5.32 Å². The summed E-state index contributed by atoms with van der Waals surface area (Å²) in [5.41, 5.74) is 1.84. The van der Waals surface area contributed by atoms with Crippen molar-refractivity contribution in [3.8, 4) is 0 Å². The molecule has 0 bridgehead atoms. The summed E-state index contributed by atoms with van der Waals surface area (Å²) >= 11 is 6.34. The van der Waals surface area contributed by atoms with Crippen LogP contribution in [0.4, 0.5) is 10.5 Å². The highest BCUT2D eigenvalue weighted by Gasteiger charge is 2.55. The molecule has 13 heteroatoms. The fourth-order valence-corrected chi connectivity index (χ4v) is 8.19. The molecule has 0 saturated carbocycles. The Hall–Kier alpha value is -4.84. The molecule has 6 rings (SSSR count). The van der Waals surface area contributed by atoms with Gasteiger partial charge in [-0.2, -0.15) is 0 Å². The number of hydrogen-bond acceptors (Lipinski definition) is 7. The summed E-state index contributed by atoms with van der Waals surface area (Å²) in [6.45, 7) is 7.70. The zero-order chi connectivity index (χ0) is 38.1. The smallest absolute Gasteiger partial charge is 0.411 e. The minimum absolute atomic E-state index is 0.0416. The second kappa shape index (κ2) is 15.3. The predicted molar refractivity (Wildman–Crippen MR) is 200 cm³/mol. The number of nitrogens with one attached hydrogen (secondary N) is 1. The van der Waals surface area contributed by atoms with Crippen LogP contribution in [-0.4, -0.2) is 99.1 Å². The minimum atomic E-state index is -1.09. The Bertz CT molecular complexity index is 1810. The summed E-state index contributed by atoms with van der Waals surface area (Å²) in [6, 6.07) is 15.2. The van der Waals surface area contributed by atoms with E-state index < -0.39 is 47.7 Å². The van der Waals surface area contributed by atoms with E-state index in [0.29, 0.717) is 11.5 Å². The Morgan fingerprint density at radius 3 is 2.28 bits per heavy atom. The van der Waals surface area contributed by atoms with Gasteiger partial charge in [-0.05, 0) is 81.7 Å². The van der Waals surface area contributed by atoms with Crippen LogP contribution in [0.3, 0.4) is 0 Å². The number of amides is 4. The molecule has 282 valence electrons. The number of likely N-dealkylation sites (tertiary alicyclic amines) is 1. The molecule has 2 aromatic carbocycles. The van der Waals surface area contributed by atoms with Gasteiger partial charge in [0.05, 0.1) is 13.2 Å². The van der Waals surface area contributed by atoms with Crippen LogP contribution in [-0.2, 0) is 36.9 Å². The number of carbonyl (C=O) groups is 5. The van der Waals surface area contributed by atoms with Crippen molar-refractivity contribution in [2.45, 2.75) is 89.6 Å². The number of nitrogens with zero attached hydrogens (tertiary/aromatic N) is 4. The van der Waals surface area contributed by atoms with Crippen LogP contribution >= 0.6 is 11.6 Å². The van der Waals surface area contributed by atoms with Gasteiger partial charge in [0, 0.05) is 30.2 Å². The zero-order valence-electron chi connectivity index (χ0n) is 30.7. The van der Waals surface area contributed by atoms with Crippen molar-refractivity contribution in [2.24, 2.45) is 5.92 Å². The molecule has 4 amide bonds. The molecule has 2 fully saturated rings. The molecule has 2 N–H and O–H groups in total. The highest BCUT2D eigenvalue weighted by Crippen LogP contribution is 2.40. The monoisotopic (exact) mass is 745 g/mol. The van der Waals surface area contributed by atoms with Crippen LogP contribution in [0.2, 0.25) is 0 Å². The molecule has 1 aliphatic carbocycles. The third-order valence-electron chi connectivity index (χ3n) is 10.7. The van der Waals surface area contributed by atoms with Gasteiger partial charge in [0.2, 0.25) is 11.8 Å². The molecule has 2 aromatic rings.